The number of benzene rings is 2. The minimum atomic E-state index is -0.513. The van der Waals surface area contributed by atoms with Crippen molar-refractivity contribution < 1.29 is 28.8 Å². The van der Waals surface area contributed by atoms with Crippen LogP contribution in [0.3, 0.4) is 0 Å². The zero-order valence-corrected chi connectivity index (χ0v) is 21.5. The Balaban J connectivity index is 1.39. The molecule has 0 aromatic heterocycles. The van der Waals surface area contributed by atoms with E-state index in [0.717, 1.165) is 54.2 Å². The molecule has 2 aliphatic rings. The fourth-order valence-corrected chi connectivity index (χ4v) is 4.89. The molecule has 0 saturated carbocycles. The van der Waals surface area contributed by atoms with Crippen LogP contribution in [0.2, 0.25) is 0 Å². The smallest absolute Gasteiger partial charge is 0.142 e. The van der Waals surface area contributed by atoms with Crippen LogP contribution in [0.25, 0.3) is 0 Å². The second-order valence-corrected chi connectivity index (χ2v) is 9.37. The summed E-state index contributed by atoms with van der Waals surface area (Å²) in [4.78, 5) is 2.36. The third-order valence-corrected chi connectivity index (χ3v) is 6.80. The van der Waals surface area contributed by atoms with E-state index < -0.39 is 6.10 Å². The number of fused-ring (bicyclic) bond motifs is 1. The second kappa shape index (κ2) is 13.9. The minimum absolute atomic E-state index is 0.0961. The lowest BCUT2D eigenvalue weighted by atomic mass is 9.85. The Hall–Kier alpha value is -2.20. The zero-order valence-electron chi connectivity index (χ0n) is 21.5. The molecule has 1 fully saturated rings. The van der Waals surface area contributed by atoms with Crippen LogP contribution in [0.1, 0.15) is 29.0 Å². The SMILES string of the molecule is COCCCN1CCOc2ccc(CO[C@H]3CNC[C@@H](O)[C@@H]3c3ccc(COCCOC)cc3)cc21. The number of ether oxygens (including phenoxy) is 5. The number of hydrogen-bond acceptors (Lipinski definition) is 8. The van der Waals surface area contributed by atoms with E-state index in [1.165, 1.54) is 0 Å². The Bertz CT molecular complexity index is 925. The molecule has 2 heterocycles. The first-order chi connectivity index (χ1) is 17.7. The lowest BCUT2D eigenvalue weighted by Crippen LogP contribution is -2.49. The third kappa shape index (κ3) is 7.18. The van der Waals surface area contributed by atoms with E-state index in [0.29, 0.717) is 46.1 Å². The number of β-amino-alcohol motifs (C(OH)–C–C–N with tert-alkyl or cyclic N) is 1. The summed E-state index contributed by atoms with van der Waals surface area (Å²) >= 11 is 0. The van der Waals surface area contributed by atoms with Crippen LogP contribution in [-0.4, -0.2) is 84.1 Å². The van der Waals surface area contributed by atoms with E-state index in [1.54, 1.807) is 14.2 Å². The monoisotopic (exact) mass is 500 g/mol. The Morgan fingerprint density at radius 1 is 0.972 bits per heavy atom. The predicted molar refractivity (Wildman–Crippen MR) is 139 cm³/mol. The maximum absolute atomic E-state index is 10.8. The van der Waals surface area contributed by atoms with Gasteiger partial charge in [-0.05, 0) is 35.2 Å². The van der Waals surface area contributed by atoms with Gasteiger partial charge in [0.1, 0.15) is 12.4 Å². The molecular formula is C28H40N2O6. The van der Waals surface area contributed by atoms with Gasteiger partial charge in [-0.25, -0.2) is 0 Å². The summed E-state index contributed by atoms with van der Waals surface area (Å²) in [6, 6.07) is 14.6. The summed E-state index contributed by atoms with van der Waals surface area (Å²) in [5.74, 6) is 0.822. The van der Waals surface area contributed by atoms with Gasteiger partial charge in [-0.2, -0.15) is 0 Å². The molecule has 0 amide bonds. The first kappa shape index (κ1) is 26.9. The highest BCUT2D eigenvalue weighted by molar-refractivity contribution is 5.61. The summed E-state index contributed by atoms with van der Waals surface area (Å²) < 4.78 is 28.2. The molecule has 0 spiro atoms. The van der Waals surface area contributed by atoms with Crippen LogP contribution in [0.4, 0.5) is 5.69 Å². The molecule has 3 atom stereocenters. The van der Waals surface area contributed by atoms with Crippen molar-refractivity contribution in [2.75, 3.05) is 71.7 Å². The van der Waals surface area contributed by atoms with Crippen LogP contribution < -0.4 is 15.0 Å². The van der Waals surface area contributed by atoms with Gasteiger partial charge < -0.3 is 39.0 Å². The van der Waals surface area contributed by atoms with Crippen LogP contribution in [0.15, 0.2) is 42.5 Å². The highest BCUT2D eigenvalue weighted by atomic mass is 16.5. The Morgan fingerprint density at radius 2 is 1.78 bits per heavy atom. The fraction of sp³-hybridized carbons (Fsp3) is 0.571. The number of nitrogens with one attached hydrogen (secondary N) is 1. The lowest BCUT2D eigenvalue weighted by molar-refractivity contribution is -0.0328. The number of rotatable bonds is 13. The number of piperidine rings is 1. The number of anilines is 1. The van der Waals surface area contributed by atoms with Crippen molar-refractivity contribution in [3.05, 3.63) is 59.2 Å². The van der Waals surface area contributed by atoms with E-state index in [-0.39, 0.29) is 12.0 Å². The quantitative estimate of drug-likeness (QED) is 0.407. The van der Waals surface area contributed by atoms with Gasteiger partial charge in [-0.3, -0.25) is 0 Å². The van der Waals surface area contributed by atoms with Crippen molar-refractivity contribution >= 4 is 5.69 Å². The second-order valence-electron chi connectivity index (χ2n) is 9.37. The number of hydrogen-bond donors (Lipinski definition) is 2. The first-order valence-electron chi connectivity index (χ1n) is 12.8. The van der Waals surface area contributed by atoms with E-state index in [2.05, 4.69) is 46.6 Å². The van der Waals surface area contributed by atoms with Gasteiger partial charge in [0.05, 0.1) is 50.9 Å². The first-order valence-corrected chi connectivity index (χ1v) is 12.8. The van der Waals surface area contributed by atoms with Gasteiger partial charge in [0.2, 0.25) is 0 Å². The molecule has 8 nitrogen and oxygen atoms in total. The normalized spacial score (nSPS) is 21.8. The standard InChI is InChI=1S/C28H40N2O6/c1-32-12-3-10-30-11-13-35-26-9-6-22(16-24(26)30)20-36-27-18-29-17-25(31)28(27)23-7-4-21(5-8-23)19-34-15-14-33-2/h4-9,16,25,27-29,31H,3,10-15,17-20H2,1-2H3/t25-,27+,28+/m1/s1. The van der Waals surface area contributed by atoms with E-state index in [4.69, 9.17) is 23.7 Å². The van der Waals surface area contributed by atoms with Gasteiger partial charge >= 0.3 is 0 Å². The Morgan fingerprint density at radius 3 is 2.58 bits per heavy atom. The van der Waals surface area contributed by atoms with Crippen molar-refractivity contribution in [2.45, 2.75) is 37.8 Å². The van der Waals surface area contributed by atoms with Gasteiger partial charge in [-0.15, -0.1) is 0 Å². The largest absolute Gasteiger partial charge is 0.490 e. The van der Waals surface area contributed by atoms with E-state index >= 15 is 0 Å². The number of methoxy groups -OCH3 is 2. The number of nitrogens with zero attached hydrogens (tertiary/aromatic N) is 1. The summed E-state index contributed by atoms with van der Waals surface area (Å²) in [6.45, 7) is 6.67. The molecule has 0 aliphatic carbocycles. The Labute approximate surface area is 214 Å². The van der Waals surface area contributed by atoms with Gasteiger partial charge in [0.15, 0.2) is 0 Å². The van der Waals surface area contributed by atoms with Gasteiger partial charge in [-0.1, -0.05) is 30.3 Å². The average Bonchev–Trinajstić information content (AvgIpc) is 2.91. The van der Waals surface area contributed by atoms with E-state index in [1.807, 2.05) is 6.07 Å². The molecule has 36 heavy (non-hydrogen) atoms. The summed E-state index contributed by atoms with van der Waals surface area (Å²) in [7, 11) is 3.40. The molecule has 0 bridgehead atoms. The molecule has 0 radical (unpaired) electrons. The van der Waals surface area contributed by atoms with Gasteiger partial charge in [0.25, 0.3) is 0 Å². The van der Waals surface area contributed by atoms with Crippen molar-refractivity contribution in [1.82, 2.24) is 5.32 Å². The molecule has 0 unspecified atom stereocenters. The molecule has 2 aliphatic heterocycles. The number of aliphatic hydroxyl groups is 1. The maximum Gasteiger partial charge on any atom is 0.142 e. The number of aliphatic hydroxyl groups excluding tert-OH is 1. The molecule has 4 rings (SSSR count). The van der Waals surface area contributed by atoms with Crippen LogP contribution in [0.5, 0.6) is 5.75 Å². The Kier molecular flexibility index (Phi) is 10.4. The molecular weight excluding hydrogens is 460 g/mol. The average molecular weight is 501 g/mol. The van der Waals surface area contributed by atoms with Crippen LogP contribution >= 0.6 is 0 Å². The summed E-state index contributed by atoms with van der Waals surface area (Å²) in [5, 5.41) is 14.2. The van der Waals surface area contributed by atoms with Crippen LogP contribution in [0, 0.1) is 0 Å². The fourth-order valence-electron chi connectivity index (χ4n) is 4.89. The molecule has 2 N–H and O–H groups in total. The van der Waals surface area contributed by atoms with Crippen molar-refractivity contribution in [1.29, 1.82) is 0 Å². The van der Waals surface area contributed by atoms with E-state index in [9.17, 15) is 5.11 Å². The van der Waals surface area contributed by atoms with Crippen molar-refractivity contribution in [3.63, 3.8) is 0 Å². The van der Waals surface area contributed by atoms with Crippen LogP contribution in [-0.2, 0) is 32.2 Å². The maximum atomic E-state index is 10.8. The highest BCUT2D eigenvalue weighted by Crippen LogP contribution is 2.34. The minimum Gasteiger partial charge on any atom is -0.490 e. The molecule has 1 saturated heterocycles. The lowest BCUT2D eigenvalue weighted by Gasteiger charge is -2.36. The predicted octanol–water partition coefficient (Wildman–Crippen LogP) is 2.72. The summed E-state index contributed by atoms with van der Waals surface area (Å²) in [6.07, 6.45) is 0.325. The topological polar surface area (TPSA) is 81.7 Å². The third-order valence-electron chi connectivity index (χ3n) is 6.80. The van der Waals surface area contributed by atoms with Crippen molar-refractivity contribution in [3.8, 4) is 5.75 Å². The molecule has 2 aromatic rings. The van der Waals surface area contributed by atoms with Crippen molar-refractivity contribution in [2.24, 2.45) is 0 Å². The molecule has 2 aromatic carbocycles. The highest BCUT2D eigenvalue weighted by Gasteiger charge is 2.34. The van der Waals surface area contributed by atoms with Gasteiger partial charge in [0, 0.05) is 46.4 Å². The molecule has 198 valence electrons. The molecule has 8 heteroatoms. The zero-order chi connectivity index (χ0) is 25.2. The summed E-state index contributed by atoms with van der Waals surface area (Å²) in [5.41, 5.74) is 4.39.